The van der Waals surface area contributed by atoms with E-state index in [-0.39, 0.29) is 0 Å². The second kappa shape index (κ2) is 11.5. The number of nitrogens with zero attached hydrogens (tertiary/aromatic N) is 1. The van der Waals surface area contributed by atoms with Gasteiger partial charge in [-0.15, -0.1) is 0 Å². The summed E-state index contributed by atoms with van der Waals surface area (Å²) in [5.41, 5.74) is 9.67. The Morgan fingerprint density at radius 3 is 1.84 bits per heavy atom. The Labute approximate surface area is 290 Å². The van der Waals surface area contributed by atoms with Gasteiger partial charge >= 0.3 is 0 Å². The fourth-order valence-electron chi connectivity index (χ4n) is 7.71. The van der Waals surface area contributed by atoms with Gasteiger partial charge in [-0.3, -0.25) is 0 Å². The number of furan rings is 1. The fourth-order valence-corrected chi connectivity index (χ4v) is 7.71. The van der Waals surface area contributed by atoms with Crippen LogP contribution in [-0.2, 0) is 0 Å². The Balaban J connectivity index is 1.18. The second-order valence-corrected chi connectivity index (χ2v) is 12.9. The molecule has 2 heteroatoms. The van der Waals surface area contributed by atoms with Crippen LogP contribution in [0.3, 0.4) is 0 Å². The first kappa shape index (κ1) is 28.4. The number of rotatable bonds is 5. The molecular formula is C48H31NO. The van der Waals surface area contributed by atoms with Crippen LogP contribution in [0.15, 0.2) is 192 Å². The lowest BCUT2D eigenvalue weighted by molar-refractivity contribution is 0.669. The standard InChI is InChI=1S/C48H31NO/c1-3-17-38-32(12-1)14-10-22-39(38)33-26-28-36(29-27-33)49(46-24-11-23-44-43-21-7-8-25-47(43)50-48(44)46)37-16-9-15-34(30-37)45-31-35-13-2-4-18-40(35)41-19-5-6-20-42(41)45/h1-31H. The lowest BCUT2D eigenvalue weighted by Gasteiger charge is -2.26. The summed E-state index contributed by atoms with van der Waals surface area (Å²) in [4.78, 5) is 2.34. The van der Waals surface area contributed by atoms with Crippen molar-refractivity contribution < 1.29 is 4.42 Å². The molecule has 0 aliphatic carbocycles. The Morgan fingerprint density at radius 1 is 0.340 bits per heavy atom. The Bertz CT molecular complexity index is 2870. The molecule has 0 saturated heterocycles. The van der Waals surface area contributed by atoms with Crippen LogP contribution in [0, 0.1) is 0 Å². The molecule has 50 heavy (non-hydrogen) atoms. The van der Waals surface area contributed by atoms with E-state index in [1.807, 2.05) is 12.1 Å². The third-order valence-corrected chi connectivity index (χ3v) is 10.0. The highest BCUT2D eigenvalue weighted by Gasteiger charge is 2.20. The Hall–Kier alpha value is -6.64. The van der Waals surface area contributed by atoms with Crippen molar-refractivity contribution in [2.75, 3.05) is 4.90 Å². The first-order valence-corrected chi connectivity index (χ1v) is 17.1. The zero-order valence-corrected chi connectivity index (χ0v) is 27.3. The van der Waals surface area contributed by atoms with Gasteiger partial charge in [-0.25, -0.2) is 0 Å². The maximum Gasteiger partial charge on any atom is 0.159 e. The number of hydrogen-bond acceptors (Lipinski definition) is 2. The van der Waals surface area contributed by atoms with Gasteiger partial charge in [0, 0.05) is 22.1 Å². The molecule has 10 aromatic rings. The van der Waals surface area contributed by atoms with Crippen molar-refractivity contribution in [3.63, 3.8) is 0 Å². The first-order valence-electron chi connectivity index (χ1n) is 17.1. The van der Waals surface area contributed by atoms with Crippen molar-refractivity contribution in [3.8, 4) is 22.3 Å². The fraction of sp³-hybridized carbons (Fsp3) is 0. The van der Waals surface area contributed by atoms with Gasteiger partial charge in [0.1, 0.15) is 5.58 Å². The minimum Gasteiger partial charge on any atom is -0.454 e. The van der Waals surface area contributed by atoms with Gasteiger partial charge in [0.25, 0.3) is 0 Å². The van der Waals surface area contributed by atoms with Crippen LogP contribution in [-0.4, -0.2) is 0 Å². The molecule has 0 aliphatic heterocycles. The van der Waals surface area contributed by atoms with Crippen LogP contribution < -0.4 is 4.90 Å². The van der Waals surface area contributed by atoms with E-state index in [1.54, 1.807) is 0 Å². The number of hydrogen-bond donors (Lipinski definition) is 0. The normalized spacial score (nSPS) is 11.6. The number of para-hydroxylation sites is 2. The molecule has 1 aromatic heterocycles. The van der Waals surface area contributed by atoms with Crippen LogP contribution in [0.4, 0.5) is 17.1 Å². The van der Waals surface area contributed by atoms with E-state index >= 15 is 0 Å². The van der Waals surface area contributed by atoms with Crippen molar-refractivity contribution in [1.29, 1.82) is 0 Å². The van der Waals surface area contributed by atoms with E-state index in [0.29, 0.717) is 0 Å². The molecule has 0 spiro atoms. The highest BCUT2D eigenvalue weighted by molar-refractivity contribution is 6.14. The van der Waals surface area contributed by atoms with Crippen LogP contribution in [0.25, 0.3) is 76.5 Å². The molecule has 0 saturated carbocycles. The molecule has 0 fully saturated rings. The Kier molecular flexibility index (Phi) is 6.53. The van der Waals surface area contributed by atoms with Gasteiger partial charge in [0.2, 0.25) is 0 Å². The monoisotopic (exact) mass is 637 g/mol. The van der Waals surface area contributed by atoms with Crippen LogP contribution >= 0.6 is 0 Å². The van der Waals surface area contributed by atoms with Crippen LogP contribution in [0.2, 0.25) is 0 Å². The smallest absolute Gasteiger partial charge is 0.159 e. The van der Waals surface area contributed by atoms with Crippen LogP contribution in [0.1, 0.15) is 0 Å². The predicted octanol–water partition coefficient (Wildman–Crippen LogP) is 13.8. The van der Waals surface area contributed by atoms with Crippen molar-refractivity contribution >= 4 is 71.3 Å². The molecule has 10 rings (SSSR count). The van der Waals surface area contributed by atoms with Crippen LogP contribution in [0.5, 0.6) is 0 Å². The largest absolute Gasteiger partial charge is 0.454 e. The zero-order chi connectivity index (χ0) is 33.0. The summed E-state index contributed by atoms with van der Waals surface area (Å²) in [6.07, 6.45) is 0. The molecule has 0 atom stereocenters. The first-order chi connectivity index (χ1) is 24.8. The van der Waals surface area contributed by atoms with E-state index in [2.05, 4.69) is 181 Å². The molecule has 0 N–H and O–H groups in total. The highest BCUT2D eigenvalue weighted by atomic mass is 16.3. The lowest BCUT2D eigenvalue weighted by Crippen LogP contribution is -2.10. The van der Waals surface area contributed by atoms with Gasteiger partial charge in [-0.05, 0) is 97.0 Å². The number of benzene rings is 9. The lowest BCUT2D eigenvalue weighted by atomic mass is 9.93. The maximum atomic E-state index is 6.63. The van der Waals surface area contributed by atoms with Crippen molar-refractivity contribution in [2.24, 2.45) is 0 Å². The second-order valence-electron chi connectivity index (χ2n) is 12.9. The van der Waals surface area contributed by atoms with Gasteiger partial charge < -0.3 is 9.32 Å². The summed E-state index contributed by atoms with van der Waals surface area (Å²) < 4.78 is 6.63. The summed E-state index contributed by atoms with van der Waals surface area (Å²) in [5, 5.41) is 9.73. The van der Waals surface area contributed by atoms with E-state index < -0.39 is 0 Å². The van der Waals surface area contributed by atoms with Crippen molar-refractivity contribution in [1.82, 2.24) is 0 Å². The Morgan fingerprint density at radius 2 is 0.980 bits per heavy atom. The molecule has 9 aromatic carbocycles. The third-order valence-electron chi connectivity index (χ3n) is 10.0. The summed E-state index contributed by atoms with van der Waals surface area (Å²) in [6, 6.07) is 67.5. The minimum atomic E-state index is 0.869. The summed E-state index contributed by atoms with van der Waals surface area (Å²) in [6.45, 7) is 0. The minimum absolute atomic E-state index is 0.869. The summed E-state index contributed by atoms with van der Waals surface area (Å²) in [5.74, 6) is 0. The van der Waals surface area contributed by atoms with E-state index in [9.17, 15) is 0 Å². The molecule has 0 amide bonds. The van der Waals surface area contributed by atoms with E-state index in [0.717, 1.165) is 39.0 Å². The quantitative estimate of drug-likeness (QED) is 0.175. The maximum absolute atomic E-state index is 6.63. The molecule has 1 heterocycles. The molecule has 234 valence electrons. The van der Waals surface area contributed by atoms with E-state index in [4.69, 9.17) is 4.42 Å². The highest BCUT2D eigenvalue weighted by Crippen LogP contribution is 2.44. The SMILES string of the molecule is c1cc(-c2cc3ccccc3c3ccccc23)cc(N(c2ccc(-c3cccc4ccccc34)cc2)c2cccc3c2oc2ccccc23)c1. The molecule has 0 unspecified atom stereocenters. The van der Waals surface area contributed by atoms with Gasteiger partial charge in [0.05, 0.1) is 5.69 Å². The number of fused-ring (bicyclic) bond motifs is 7. The molecule has 0 aliphatic rings. The molecule has 0 radical (unpaired) electrons. The average molecular weight is 638 g/mol. The zero-order valence-electron chi connectivity index (χ0n) is 27.3. The molecule has 0 bridgehead atoms. The average Bonchev–Trinajstić information content (AvgIpc) is 3.57. The van der Waals surface area contributed by atoms with Gasteiger partial charge in [0.15, 0.2) is 5.58 Å². The van der Waals surface area contributed by atoms with Crippen molar-refractivity contribution in [3.05, 3.63) is 188 Å². The van der Waals surface area contributed by atoms with E-state index in [1.165, 1.54) is 54.6 Å². The number of anilines is 3. The topological polar surface area (TPSA) is 16.4 Å². The third kappa shape index (κ3) is 4.57. The summed E-state index contributed by atoms with van der Waals surface area (Å²) in [7, 11) is 0. The van der Waals surface area contributed by atoms with Gasteiger partial charge in [-0.1, -0.05) is 146 Å². The summed E-state index contributed by atoms with van der Waals surface area (Å²) >= 11 is 0. The predicted molar refractivity (Wildman–Crippen MR) is 212 cm³/mol. The van der Waals surface area contributed by atoms with Crippen molar-refractivity contribution in [2.45, 2.75) is 0 Å². The molecular weight excluding hydrogens is 607 g/mol. The van der Waals surface area contributed by atoms with Gasteiger partial charge in [-0.2, -0.15) is 0 Å². The molecule has 2 nitrogen and oxygen atoms in total.